The van der Waals surface area contributed by atoms with E-state index in [1.54, 1.807) is 4.90 Å². The lowest BCUT2D eigenvalue weighted by molar-refractivity contribution is -0.906. The number of hydrogen-bond donors (Lipinski definition) is 1. The van der Waals surface area contributed by atoms with Gasteiger partial charge in [-0.15, -0.1) is 0 Å². The zero-order valence-corrected chi connectivity index (χ0v) is 14.7. The Kier molecular flexibility index (Phi) is 6.71. The second-order valence-corrected chi connectivity index (χ2v) is 6.85. The fraction of sp³-hybridized carbons (Fsp3) is 0.684. The third-order valence-electron chi connectivity index (χ3n) is 4.83. The van der Waals surface area contributed by atoms with Crippen molar-refractivity contribution in [2.75, 3.05) is 39.5 Å². The average molecular weight is 306 g/mol. The van der Waals surface area contributed by atoms with Crippen molar-refractivity contribution in [1.82, 2.24) is 0 Å². The monoisotopic (exact) mass is 306 g/mol. The molecular weight excluding hydrogens is 274 g/mol. The lowest BCUT2D eigenvalue weighted by Gasteiger charge is -2.27. The van der Waals surface area contributed by atoms with Crippen LogP contribution in [0.1, 0.15) is 36.5 Å². The van der Waals surface area contributed by atoms with Crippen molar-refractivity contribution in [2.24, 2.45) is 5.92 Å². The van der Waals surface area contributed by atoms with E-state index >= 15 is 0 Å². The third kappa shape index (κ3) is 5.29. The molecule has 0 amide bonds. The molecule has 22 heavy (non-hydrogen) atoms. The van der Waals surface area contributed by atoms with Gasteiger partial charge in [0.15, 0.2) is 0 Å². The number of quaternary nitrogens is 1. The minimum Gasteiger partial charge on any atom is -0.491 e. The zero-order valence-electron chi connectivity index (χ0n) is 14.7. The minimum atomic E-state index is 0.635. The summed E-state index contributed by atoms with van der Waals surface area (Å²) in [7, 11) is 0. The van der Waals surface area contributed by atoms with Gasteiger partial charge in [0.1, 0.15) is 18.9 Å². The number of rotatable bonds is 7. The molecule has 1 aliphatic rings. The normalized spacial score (nSPS) is 21.8. The Hall–Kier alpha value is -1.06. The molecule has 0 spiro atoms. The van der Waals surface area contributed by atoms with Crippen molar-refractivity contribution in [3.63, 3.8) is 0 Å². The number of nitrogens with one attached hydrogen (secondary N) is 1. The standard InChI is InChI=1S/C19H31NO2/c1-15-5-7-20(8-6-15)9-10-21-11-12-22-19-14-16(2)13-17(3)18(19)4/h13-15H,5-12H2,1-4H3/p+1. The van der Waals surface area contributed by atoms with E-state index in [-0.39, 0.29) is 0 Å². The van der Waals surface area contributed by atoms with Crippen molar-refractivity contribution in [3.05, 3.63) is 28.8 Å². The topological polar surface area (TPSA) is 22.9 Å². The Morgan fingerprint density at radius 3 is 2.50 bits per heavy atom. The van der Waals surface area contributed by atoms with Crippen LogP contribution in [0.3, 0.4) is 0 Å². The number of hydrogen-bond acceptors (Lipinski definition) is 2. The number of likely N-dealkylation sites (tertiary alicyclic amines) is 1. The van der Waals surface area contributed by atoms with Gasteiger partial charge in [0.25, 0.3) is 0 Å². The first-order valence-electron chi connectivity index (χ1n) is 8.68. The molecule has 0 unspecified atom stereocenters. The van der Waals surface area contributed by atoms with Crippen LogP contribution in [-0.4, -0.2) is 39.5 Å². The predicted octanol–water partition coefficient (Wildman–Crippen LogP) is 2.32. The summed E-state index contributed by atoms with van der Waals surface area (Å²) < 4.78 is 11.6. The summed E-state index contributed by atoms with van der Waals surface area (Å²) in [5.41, 5.74) is 3.78. The van der Waals surface area contributed by atoms with Crippen LogP contribution in [0.5, 0.6) is 5.75 Å². The van der Waals surface area contributed by atoms with E-state index in [1.807, 2.05) is 0 Å². The number of aryl methyl sites for hydroxylation is 2. The Labute approximate surface area is 135 Å². The van der Waals surface area contributed by atoms with E-state index in [2.05, 4.69) is 39.8 Å². The molecule has 0 aromatic heterocycles. The second-order valence-electron chi connectivity index (χ2n) is 6.85. The fourth-order valence-electron chi connectivity index (χ4n) is 3.10. The van der Waals surface area contributed by atoms with Gasteiger partial charge in [-0.05, 0) is 62.3 Å². The summed E-state index contributed by atoms with van der Waals surface area (Å²) in [6.45, 7) is 14.6. The lowest BCUT2D eigenvalue weighted by Crippen LogP contribution is -3.13. The number of benzene rings is 1. The second kappa shape index (κ2) is 8.54. The van der Waals surface area contributed by atoms with Gasteiger partial charge < -0.3 is 14.4 Å². The first-order chi connectivity index (χ1) is 10.6. The molecule has 0 radical (unpaired) electrons. The highest BCUT2D eigenvalue weighted by Crippen LogP contribution is 2.23. The molecular formula is C19H32NO2+. The van der Waals surface area contributed by atoms with Gasteiger partial charge in [-0.25, -0.2) is 0 Å². The van der Waals surface area contributed by atoms with Crippen molar-refractivity contribution < 1.29 is 14.4 Å². The molecule has 1 N–H and O–H groups in total. The molecule has 124 valence electrons. The summed E-state index contributed by atoms with van der Waals surface area (Å²) in [5, 5.41) is 0. The third-order valence-corrected chi connectivity index (χ3v) is 4.83. The predicted molar refractivity (Wildman–Crippen MR) is 90.9 cm³/mol. The van der Waals surface area contributed by atoms with Gasteiger partial charge in [0.2, 0.25) is 0 Å². The molecule has 3 nitrogen and oxygen atoms in total. The molecule has 1 aromatic rings. The lowest BCUT2D eigenvalue weighted by atomic mass is 9.99. The molecule has 1 aliphatic heterocycles. The Balaban J connectivity index is 1.60. The van der Waals surface area contributed by atoms with Crippen molar-refractivity contribution >= 4 is 0 Å². The SMILES string of the molecule is Cc1cc(C)c(C)c(OCCOCC[NH+]2CCC(C)CC2)c1. The molecule has 1 heterocycles. The van der Waals surface area contributed by atoms with Gasteiger partial charge >= 0.3 is 0 Å². The maximum absolute atomic E-state index is 5.87. The van der Waals surface area contributed by atoms with Crippen LogP contribution in [0, 0.1) is 26.7 Å². The molecule has 0 bridgehead atoms. The largest absolute Gasteiger partial charge is 0.491 e. The Morgan fingerprint density at radius 2 is 1.77 bits per heavy atom. The van der Waals surface area contributed by atoms with Gasteiger partial charge in [0.05, 0.1) is 26.3 Å². The zero-order chi connectivity index (χ0) is 15.9. The van der Waals surface area contributed by atoms with E-state index in [4.69, 9.17) is 9.47 Å². The van der Waals surface area contributed by atoms with Gasteiger partial charge in [-0.2, -0.15) is 0 Å². The summed E-state index contributed by atoms with van der Waals surface area (Å²) in [4.78, 5) is 1.70. The van der Waals surface area contributed by atoms with Crippen LogP contribution in [0.2, 0.25) is 0 Å². The summed E-state index contributed by atoms with van der Waals surface area (Å²) in [6, 6.07) is 4.31. The highest BCUT2D eigenvalue weighted by atomic mass is 16.5. The first kappa shape index (κ1) is 17.3. The molecule has 1 saturated heterocycles. The van der Waals surface area contributed by atoms with Gasteiger partial charge in [-0.3, -0.25) is 0 Å². The fourth-order valence-corrected chi connectivity index (χ4v) is 3.10. The minimum absolute atomic E-state index is 0.635. The van der Waals surface area contributed by atoms with Gasteiger partial charge in [-0.1, -0.05) is 13.0 Å². The van der Waals surface area contributed by atoms with Crippen molar-refractivity contribution in [1.29, 1.82) is 0 Å². The smallest absolute Gasteiger partial charge is 0.122 e. The number of piperidine rings is 1. The maximum atomic E-state index is 5.87. The average Bonchev–Trinajstić information content (AvgIpc) is 2.49. The van der Waals surface area contributed by atoms with E-state index in [1.165, 1.54) is 42.6 Å². The molecule has 1 aromatic carbocycles. The van der Waals surface area contributed by atoms with Crippen LogP contribution in [0.25, 0.3) is 0 Å². The van der Waals surface area contributed by atoms with Crippen LogP contribution in [-0.2, 0) is 4.74 Å². The van der Waals surface area contributed by atoms with Gasteiger partial charge in [0, 0.05) is 0 Å². The van der Waals surface area contributed by atoms with E-state index in [9.17, 15) is 0 Å². The van der Waals surface area contributed by atoms with E-state index in [0.717, 1.165) is 24.8 Å². The molecule has 0 aliphatic carbocycles. The van der Waals surface area contributed by atoms with Crippen LogP contribution in [0.15, 0.2) is 12.1 Å². The highest BCUT2D eigenvalue weighted by molar-refractivity contribution is 5.41. The van der Waals surface area contributed by atoms with Crippen LogP contribution in [0.4, 0.5) is 0 Å². The summed E-state index contributed by atoms with van der Waals surface area (Å²) in [5.74, 6) is 1.91. The number of ether oxygens (including phenoxy) is 2. The van der Waals surface area contributed by atoms with Crippen LogP contribution >= 0.6 is 0 Å². The molecule has 2 rings (SSSR count). The maximum Gasteiger partial charge on any atom is 0.122 e. The molecule has 1 fully saturated rings. The summed E-state index contributed by atoms with van der Waals surface area (Å²) >= 11 is 0. The van der Waals surface area contributed by atoms with E-state index < -0.39 is 0 Å². The Morgan fingerprint density at radius 1 is 1.05 bits per heavy atom. The van der Waals surface area contributed by atoms with Crippen molar-refractivity contribution in [2.45, 2.75) is 40.5 Å². The molecule has 3 heteroatoms. The summed E-state index contributed by atoms with van der Waals surface area (Å²) in [6.07, 6.45) is 2.73. The van der Waals surface area contributed by atoms with E-state index in [0.29, 0.717) is 13.2 Å². The van der Waals surface area contributed by atoms with Crippen molar-refractivity contribution in [3.8, 4) is 5.75 Å². The van der Waals surface area contributed by atoms with Crippen LogP contribution < -0.4 is 9.64 Å². The molecule has 0 atom stereocenters. The molecule has 0 saturated carbocycles. The highest BCUT2D eigenvalue weighted by Gasteiger charge is 2.18. The first-order valence-corrected chi connectivity index (χ1v) is 8.68. The quantitative estimate of drug-likeness (QED) is 0.781. The Bertz CT molecular complexity index is 465.